The highest BCUT2D eigenvalue weighted by atomic mass is 35.5. The molecule has 0 bridgehead atoms. The summed E-state index contributed by atoms with van der Waals surface area (Å²) in [5.74, 6) is 0.457. The van der Waals surface area contributed by atoms with E-state index in [0.717, 1.165) is 18.4 Å². The standard InChI is InChI=1S/C16H13ClN6O/c17-14-9-11(6-7-18-14)16(24)19-12-3-1-2-10(8-12)15-20-21-22-23(15)13-4-5-13/h1-3,6-9,13H,4-5H2,(H,19,24). The van der Waals surface area contributed by atoms with Crippen molar-refractivity contribution in [1.82, 2.24) is 25.2 Å². The Balaban J connectivity index is 1.58. The zero-order valence-electron chi connectivity index (χ0n) is 12.6. The van der Waals surface area contributed by atoms with Crippen LogP contribution in [-0.2, 0) is 0 Å². The van der Waals surface area contributed by atoms with Crippen molar-refractivity contribution < 1.29 is 4.79 Å². The number of carbonyl (C=O) groups is 1. The smallest absolute Gasteiger partial charge is 0.255 e. The largest absolute Gasteiger partial charge is 0.322 e. The SMILES string of the molecule is O=C(Nc1cccc(-c2nnnn2C2CC2)c1)c1ccnc(Cl)c1. The number of tetrazole rings is 1. The second-order valence-electron chi connectivity index (χ2n) is 5.58. The number of hydrogen-bond donors (Lipinski definition) is 1. The van der Waals surface area contributed by atoms with Crippen LogP contribution in [0.3, 0.4) is 0 Å². The lowest BCUT2D eigenvalue weighted by Crippen LogP contribution is -2.12. The number of hydrogen-bond acceptors (Lipinski definition) is 5. The molecule has 7 nitrogen and oxygen atoms in total. The van der Waals surface area contributed by atoms with Crippen molar-refractivity contribution in [3.8, 4) is 11.4 Å². The number of rotatable bonds is 4. The first-order chi connectivity index (χ1) is 11.7. The van der Waals surface area contributed by atoms with Crippen LogP contribution in [0.1, 0.15) is 29.2 Å². The Morgan fingerprint density at radius 3 is 2.92 bits per heavy atom. The molecule has 1 aromatic carbocycles. The third-order valence-electron chi connectivity index (χ3n) is 3.75. The summed E-state index contributed by atoms with van der Waals surface area (Å²) in [5.41, 5.74) is 1.97. The number of benzene rings is 1. The van der Waals surface area contributed by atoms with Gasteiger partial charge in [0.15, 0.2) is 5.82 Å². The normalized spacial score (nSPS) is 13.7. The van der Waals surface area contributed by atoms with E-state index in [4.69, 9.17) is 11.6 Å². The first kappa shape index (κ1) is 14.8. The topological polar surface area (TPSA) is 85.6 Å². The average Bonchev–Trinajstić information content (AvgIpc) is 3.32. The molecule has 1 amide bonds. The molecule has 0 saturated heterocycles. The average molecular weight is 341 g/mol. The molecule has 4 rings (SSSR count). The van der Waals surface area contributed by atoms with E-state index in [2.05, 4.69) is 25.8 Å². The summed E-state index contributed by atoms with van der Waals surface area (Å²) in [7, 11) is 0. The zero-order chi connectivity index (χ0) is 16.5. The molecule has 0 atom stereocenters. The molecule has 24 heavy (non-hydrogen) atoms. The minimum Gasteiger partial charge on any atom is -0.322 e. The number of pyridine rings is 1. The van der Waals surface area contributed by atoms with E-state index < -0.39 is 0 Å². The molecule has 1 aliphatic carbocycles. The second kappa shape index (κ2) is 6.01. The van der Waals surface area contributed by atoms with Gasteiger partial charge in [-0.15, -0.1) is 5.10 Å². The molecule has 0 aliphatic heterocycles. The Morgan fingerprint density at radius 2 is 2.12 bits per heavy atom. The summed E-state index contributed by atoms with van der Waals surface area (Å²) in [6.07, 6.45) is 3.69. The van der Waals surface area contributed by atoms with Crippen LogP contribution in [0, 0.1) is 0 Å². The molecule has 1 aliphatic rings. The van der Waals surface area contributed by atoms with Crippen LogP contribution < -0.4 is 5.32 Å². The minimum atomic E-state index is -0.252. The fourth-order valence-corrected chi connectivity index (χ4v) is 2.61. The maximum atomic E-state index is 12.3. The van der Waals surface area contributed by atoms with Crippen LogP contribution in [0.5, 0.6) is 0 Å². The van der Waals surface area contributed by atoms with Gasteiger partial charge in [-0.1, -0.05) is 23.7 Å². The molecule has 1 saturated carbocycles. The van der Waals surface area contributed by atoms with Crippen LogP contribution in [0.4, 0.5) is 5.69 Å². The zero-order valence-corrected chi connectivity index (χ0v) is 13.3. The number of halogens is 1. The van der Waals surface area contributed by atoms with Gasteiger partial charge in [0.1, 0.15) is 5.15 Å². The van der Waals surface area contributed by atoms with Gasteiger partial charge in [-0.2, -0.15) is 0 Å². The van der Waals surface area contributed by atoms with E-state index in [1.54, 1.807) is 6.07 Å². The highest BCUT2D eigenvalue weighted by Crippen LogP contribution is 2.36. The molecule has 3 aromatic rings. The number of carbonyl (C=O) groups excluding carboxylic acids is 1. The Morgan fingerprint density at radius 1 is 1.25 bits per heavy atom. The third kappa shape index (κ3) is 2.98. The fourth-order valence-electron chi connectivity index (χ4n) is 2.43. The van der Waals surface area contributed by atoms with E-state index in [1.165, 1.54) is 12.3 Å². The van der Waals surface area contributed by atoms with E-state index in [-0.39, 0.29) is 11.1 Å². The number of nitrogens with one attached hydrogen (secondary N) is 1. The maximum absolute atomic E-state index is 12.3. The number of amides is 1. The second-order valence-corrected chi connectivity index (χ2v) is 5.97. The van der Waals surface area contributed by atoms with Crippen molar-refractivity contribution in [1.29, 1.82) is 0 Å². The summed E-state index contributed by atoms with van der Waals surface area (Å²) in [6.45, 7) is 0. The Hall–Kier alpha value is -2.80. The number of nitrogens with zero attached hydrogens (tertiary/aromatic N) is 5. The van der Waals surface area contributed by atoms with Gasteiger partial charge in [0.2, 0.25) is 0 Å². The molecular formula is C16H13ClN6O. The van der Waals surface area contributed by atoms with Gasteiger partial charge in [-0.05, 0) is 47.5 Å². The van der Waals surface area contributed by atoms with Gasteiger partial charge in [-0.3, -0.25) is 4.79 Å². The molecule has 8 heteroatoms. The van der Waals surface area contributed by atoms with E-state index in [1.807, 2.05) is 28.9 Å². The lowest BCUT2D eigenvalue weighted by atomic mass is 10.1. The van der Waals surface area contributed by atoms with Gasteiger partial charge >= 0.3 is 0 Å². The van der Waals surface area contributed by atoms with Gasteiger partial charge in [0.05, 0.1) is 6.04 Å². The Bertz CT molecular complexity index is 905. The van der Waals surface area contributed by atoms with E-state index in [9.17, 15) is 4.79 Å². The summed E-state index contributed by atoms with van der Waals surface area (Å²) in [6, 6.07) is 11.0. The lowest BCUT2D eigenvalue weighted by Gasteiger charge is -2.08. The van der Waals surface area contributed by atoms with Crippen molar-refractivity contribution in [2.75, 3.05) is 5.32 Å². The maximum Gasteiger partial charge on any atom is 0.255 e. The van der Waals surface area contributed by atoms with Crippen LogP contribution in [0.2, 0.25) is 5.15 Å². The third-order valence-corrected chi connectivity index (χ3v) is 3.96. The summed E-state index contributed by atoms with van der Waals surface area (Å²) < 4.78 is 1.84. The molecular weight excluding hydrogens is 328 g/mol. The summed E-state index contributed by atoms with van der Waals surface area (Å²) >= 11 is 5.82. The Labute approximate surface area is 142 Å². The predicted molar refractivity (Wildman–Crippen MR) is 88.7 cm³/mol. The molecule has 120 valence electrons. The van der Waals surface area contributed by atoms with Crippen molar-refractivity contribution in [3.63, 3.8) is 0 Å². The highest BCUT2D eigenvalue weighted by molar-refractivity contribution is 6.29. The highest BCUT2D eigenvalue weighted by Gasteiger charge is 2.28. The summed E-state index contributed by atoms with van der Waals surface area (Å²) in [5, 5.41) is 15.0. The predicted octanol–water partition coefficient (Wildman–Crippen LogP) is 2.98. The Kier molecular flexibility index (Phi) is 3.70. The van der Waals surface area contributed by atoms with Crippen LogP contribution in [0.15, 0.2) is 42.6 Å². The molecule has 1 N–H and O–H groups in total. The molecule has 2 aromatic heterocycles. The first-order valence-corrected chi connectivity index (χ1v) is 7.90. The van der Waals surface area contributed by atoms with Crippen LogP contribution in [0.25, 0.3) is 11.4 Å². The number of aromatic nitrogens is 5. The van der Waals surface area contributed by atoms with Crippen molar-refractivity contribution in [3.05, 3.63) is 53.3 Å². The monoisotopic (exact) mass is 340 g/mol. The molecule has 0 unspecified atom stereocenters. The van der Waals surface area contributed by atoms with Crippen molar-refractivity contribution in [2.45, 2.75) is 18.9 Å². The van der Waals surface area contributed by atoms with Gasteiger partial charge in [-0.25, -0.2) is 9.67 Å². The van der Waals surface area contributed by atoms with Crippen molar-refractivity contribution in [2.24, 2.45) is 0 Å². The van der Waals surface area contributed by atoms with Crippen molar-refractivity contribution >= 4 is 23.2 Å². The van der Waals surface area contributed by atoms with E-state index >= 15 is 0 Å². The van der Waals surface area contributed by atoms with E-state index in [0.29, 0.717) is 23.1 Å². The molecule has 2 heterocycles. The number of anilines is 1. The minimum absolute atomic E-state index is 0.252. The quantitative estimate of drug-likeness (QED) is 0.738. The van der Waals surface area contributed by atoms with Gasteiger partial charge in [0, 0.05) is 23.0 Å². The lowest BCUT2D eigenvalue weighted by molar-refractivity contribution is 0.102. The fraction of sp³-hybridized carbons (Fsp3) is 0.188. The van der Waals surface area contributed by atoms with Gasteiger partial charge in [0.25, 0.3) is 5.91 Å². The summed E-state index contributed by atoms with van der Waals surface area (Å²) in [4.78, 5) is 16.2. The molecule has 0 radical (unpaired) electrons. The van der Waals surface area contributed by atoms with Crippen LogP contribution in [-0.4, -0.2) is 31.1 Å². The molecule has 1 fully saturated rings. The van der Waals surface area contributed by atoms with Gasteiger partial charge < -0.3 is 5.32 Å². The van der Waals surface area contributed by atoms with Crippen LogP contribution >= 0.6 is 11.6 Å². The molecule has 0 spiro atoms. The first-order valence-electron chi connectivity index (χ1n) is 7.52.